The van der Waals surface area contributed by atoms with Crippen molar-refractivity contribution >= 4 is 24.0 Å². The summed E-state index contributed by atoms with van der Waals surface area (Å²) >= 11 is 5.37. The van der Waals surface area contributed by atoms with Gasteiger partial charge >= 0.3 is 65.0 Å². The zero-order valence-electron chi connectivity index (χ0n) is 8.06. The molecule has 9 heteroatoms. The molecule has 1 aromatic carbocycles. The van der Waals surface area contributed by atoms with Gasteiger partial charge in [-0.3, -0.25) is 0 Å². The van der Waals surface area contributed by atoms with Crippen molar-refractivity contribution in [3.8, 4) is 5.75 Å². The minimum Gasteiger partial charge on any atom is -0.445 e. The Hall–Kier alpha value is 0.661. The van der Waals surface area contributed by atoms with Crippen molar-refractivity contribution in [1.82, 2.24) is 0 Å². The van der Waals surface area contributed by atoms with E-state index in [9.17, 15) is 21.7 Å². The SMILES string of the molecule is FC(F)Oc1cc(Cl)ccc1[B-](F)(F)F.[K+]. The monoisotopic (exact) mass is 284 g/mol. The molecule has 0 aliphatic carbocycles. The van der Waals surface area contributed by atoms with Crippen LogP contribution in [-0.4, -0.2) is 13.6 Å². The normalized spacial score (nSPS) is 11.2. The van der Waals surface area contributed by atoms with Gasteiger partial charge in [0, 0.05) is 5.02 Å². The fourth-order valence-electron chi connectivity index (χ4n) is 0.977. The van der Waals surface area contributed by atoms with Gasteiger partial charge in [-0.15, -0.1) is 0 Å². The first-order valence-electron chi connectivity index (χ1n) is 3.75. The molecule has 1 rings (SSSR count). The van der Waals surface area contributed by atoms with Crippen molar-refractivity contribution in [2.45, 2.75) is 6.61 Å². The van der Waals surface area contributed by atoms with Crippen LogP contribution >= 0.6 is 11.6 Å². The van der Waals surface area contributed by atoms with Gasteiger partial charge < -0.3 is 17.7 Å². The Morgan fingerprint density at radius 2 is 1.75 bits per heavy atom. The summed E-state index contributed by atoms with van der Waals surface area (Å²) in [5, 5.41) is -0.102. The third-order valence-corrected chi connectivity index (χ3v) is 1.78. The molecule has 1 aromatic rings. The second-order valence-corrected chi connectivity index (χ2v) is 3.07. The Morgan fingerprint density at radius 1 is 1.19 bits per heavy atom. The average molecular weight is 284 g/mol. The van der Waals surface area contributed by atoms with Gasteiger partial charge in [0.2, 0.25) is 0 Å². The first kappa shape index (κ1) is 16.7. The van der Waals surface area contributed by atoms with E-state index in [0.29, 0.717) is 12.1 Å². The smallest absolute Gasteiger partial charge is 0.445 e. The molecule has 0 heterocycles. The largest absolute Gasteiger partial charge is 1.00 e. The molecule has 1 nitrogen and oxygen atoms in total. The first-order chi connectivity index (χ1) is 6.80. The summed E-state index contributed by atoms with van der Waals surface area (Å²) in [6.07, 6.45) is 0. The standard InChI is InChI=1S/C7H4BClF5O.K/c9-4-1-2-5(8(12,13)14)6(3-4)15-7(10)11;/h1-3,7H;/q-1;+1. The number of benzene rings is 1. The molecule has 0 amide bonds. The van der Waals surface area contributed by atoms with Crippen molar-refractivity contribution in [2.75, 3.05) is 0 Å². The van der Waals surface area contributed by atoms with Gasteiger partial charge in [-0.2, -0.15) is 8.78 Å². The van der Waals surface area contributed by atoms with Gasteiger partial charge in [0.15, 0.2) is 0 Å². The van der Waals surface area contributed by atoms with Crippen molar-refractivity contribution in [3.05, 3.63) is 23.2 Å². The maximum atomic E-state index is 12.3. The minimum absolute atomic E-state index is 0. The Balaban J connectivity index is 0.00000225. The maximum absolute atomic E-state index is 12.3. The Morgan fingerprint density at radius 3 is 2.19 bits per heavy atom. The van der Waals surface area contributed by atoms with E-state index in [4.69, 9.17) is 11.6 Å². The number of hydrogen-bond donors (Lipinski definition) is 0. The van der Waals surface area contributed by atoms with E-state index in [1.165, 1.54) is 0 Å². The van der Waals surface area contributed by atoms with Gasteiger partial charge in [0.05, 0.1) is 0 Å². The van der Waals surface area contributed by atoms with Crippen LogP contribution in [0.2, 0.25) is 5.02 Å². The average Bonchev–Trinajstić information content (AvgIpc) is 1.99. The molecule has 0 saturated heterocycles. The first-order valence-corrected chi connectivity index (χ1v) is 4.12. The van der Waals surface area contributed by atoms with Gasteiger partial charge in [0.1, 0.15) is 5.75 Å². The van der Waals surface area contributed by atoms with Crippen molar-refractivity contribution in [3.63, 3.8) is 0 Å². The fourth-order valence-corrected chi connectivity index (χ4v) is 1.14. The summed E-state index contributed by atoms with van der Waals surface area (Å²) in [6.45, 7) is -8.72. The molecule has 0 N–H and O–H groups in total. The van der Waals surface area contributed by atoms with E-state index < -0.39 is 24.8 Å². The molecule has 0 aliphatic rings. The molecular weight excluding hydrogens is 280 g/mol. The molecule has 0 atom stereocenters. The molecule has 0 unspecified atom stereocenters. The van der Waals surface area contributed by atoms with Crippen molar-refractivity contribution in [1.29, 1.82) is 0 Å². The third-order valence-electron chi connectivity index (χ3n) is 1.54. The van der Waals surface area contributed by atoms with Crippen molar-refractivity contribution < 1.29 is 77.8 Å². The third kappa shape index (κ3) is 4.89. The summed E-state index contributed by atoms with van der Waals surface area (Å²) < 4.78 is 64.3. The van der Waals surface area contributed by atoms with E-state index in [0.717, 1.165) is 6.07 Å². The zero-order valence-corrected chi connectivity index (χ0v) is 11.9. The molecule has 84 valence electrons. The molecule has 0 bridgehead atoms. The second kappa shape index (κ2) is 6.56. The van der Waals surface area contributed by atoms with Crippen molar-refractivity contribution in [2.24, 2.45) is 0 Å². The van der Waals surface area contributed by atoms with Gasteiger partial charge in [-0.05, 0) is 12.1 Å². The van der Waals surface area contributed by atoms with Crippen LogP contribution in [0.25, 0.3) is 0 Å². The summed E-state index contributed by atoms with van der Waals surface area (Å²) in [7, 11) is 0. The number of ether oxygens (including phenoxy) is 1. The van der Waals surface area contributed by atoms with Gasteiger partial charge in [0.25, 0.3) is 0 Å². The van der Waals surface area contributed by atoms with Gasteiger partial charge in [-0.1, -0.05) is 23.1 Å². The molecule has 0 fully saturated rings. The molecule has 0 spiro atoms. The summed E-state index contributed by atoms with van der Waals surface area (Å²) in [6, 6.07) is 2.28. The summed E-state index contributed by atoms with van der Waals surface area (Å²) in [4.78, 5) is 0. The Kier molecular flexibility index (Phi) is 6.83. The molecular formula is C7H4BClF5KO. The van der Waals surface area contributed by atoms with E-state index in [-0.39, 0.29) is 56.4 Å². The van der Waals surface area contributed by atoms with E-state index >= 15 is 0 Å². The predicted molar refractivity (Wildman–Crippen MR) is 46.8 cm³/mol. The van der Waals surface area contributed by atoms with Crippen LogP contribution in [0.15, 0.2) is 18.2 Å². The molecule has 0 saturated carbocycles. The van der Waals surface area contributed by atoms with Crippen LogP contribution in [0, 0.1) is 0 Å². The molecule has 16 heavy (non-hydrogen) atoms. The number of alkyl halides is 2. The zero-order chi connectivity index (χ0) is 11.6. The Labute approximate surface area is 136 Å². The van der Waals surface area contributed by atoms with Crippen LogP contribution in [0.5, 0.6) is 5.75 Å². The summed E-state index contributed by atoms with van der Waals surface area (Å²) in [5.41, 5.74) is -1.22. The fraction of sp³-hybridized carbons (Fsp3) is 0.143. The summed E-state index contributed by atoms with van der Waals surface area (Å²) in [5.74, 6) is -0.954. The maximum Gasteiger partial charge on any atom is 1.00 e. The molecule has 0 aliphatic heterocycles. The van der Waals surface area contributed by atoms with Crippen LogP contribution in [0.1, 0.15) is 0 Å². The second-order valence-electron chi connectivity index (χ2n) is 2.64. The number of rotatable bonds is 3. The van der Waals surface area contributed by atoms with Crippen LogP contribution < -0.4 is 61.6 Å². The van der Waals surface area contributed by atoms with Gasteiger partial charge in [-0.25, -0.2) is 0 Å². The number of halogens is 6. The van der Waals surface area contributed by atoms with E-state index in [1.54, 1.807) is 0 Å². The predicted octanol–water partition coefficient (Wildman–Crippen LogP) is -0.000200. The van der Waals surface area contributed by atoms with Crippen LogP contribution in [0.3, 0.4) is 0 Å². The van der Waals surface area contributed by atoms with E-state index in [2.05, 4.69) is 4.74 Å². The van der Waals surface area contributed by atoms with Crippen LogP contribution in [-0.2, 0) is 0 Å². The topological polar surface area (TPSA) is 9.23 Å². The van der Waals surface area contributed by atoms with E-state index in [1.807, 2.05) is 0 Å². The molecule has 0 aromatic heterocycles. The minimum atomic E-state index is -5.40. The van der Waals surface area contributed by atoms with Crippen LogP contribution in [0.4, 0.5) is 21.7 Å². The number of hydrogen-bond acceptors (Lipinski definition) is 1. The quantitative estimate of drug-likeness (QED) is 0.561. The molecule has 0 radical (unpaired) electrons. The Bertz CT molecular complexity index is 359.